The number of para-hydroxylation sites is 1. The van der Waals surface area contributed by atoms with Crippen LogP contribution in [0, 0.1) is 0 Å². The minimum atomic E-state index is -0.316. The summed E-state index contributed by atoms with van der Waals surface area (Å²) < 4.78 is 12.5. The third-order valence-electron chi connectivity index (χ3n) is 8.35. The van der Waals surface area contributed by atoms with Crippen LogP contribution in [0.15, 0.2) is 158 Å². The lowest BCUT2D eigenvalue weighted by Gasteiger charge is -2.24. The summed E-state index contributed by atoms with van der Waals surface area (Å²) >= 11 is 0. The summed E-state index contributed by atoms with van der Waals surface area (Å²) in [5.41, 5.74) is 8.63. The highest BCUT2D eigenvalue weighted by Crippen LogP contribution is 2.36. The monoisotopic (exact) mass is 567 g/mol. The lowest BCUT2D eigenvalue weighted by molar-refractivity contribution is 0.667. The van der Waals surface area contributed by atoms with Gasteiger partial charge >= 0.3 is 0 Å². The fourth-order valence-corrected chi connectivity index (χ4v) is 6.22. The van der Waals surface area contributed by atoms with E-state index >= 15 is 0 Å². The minimum Gasteiger partial charge on any atom is -0.456 e. The molecule has 8 aromatic rings. The first-order valence-corrected chi connectivity index (χ1v) is 14.7. The molecule has 0 spiro atoms. The van der Waals surface area contributed by atoms with E-state index in [9.17, 15) is 0 Å². The van der Waals surface area contributed by atoms with E-state index in [-0.39, 0.29) is 6.17 Å². The van der Waals surface area contributed by atoms with Gasteiger partial charge in [-0.15, -0.1) is 0 Å². The molecule has 1 N–H and O–H groups in total. The standard InChI is InChI=1S/C39H25N3O2/c1-3-10-24(11-4-1)26-18-20-34-31(22-26)36-29(15-9-17-35(36)44-34)39-41-37(25-12-5-2-6-13-25)40-38(42-39)27-19-21-33-30(23-27)28-14-7-8-16-32(28)43-33/h1-23,37H,(H,40,41,42). The molecule has 3 heterocycles. The molecule has 5 nitrogen and oxygen atoms in total. The van der Waals surface area contributed by atoms with Crippen LogP contribution < -0.4 is 5.32 Å². The number of benzene rings is 6. The maximum absolute atomic E-state index is 6.35. The summed E-state index contributed by atoms with van der Waals surface area (Å²) in [6.07, 6.45) is -0.316. The molecule has 0 bridgehead atoms. The van der Waals surface area contributed by atoms with Gasteiger partial charge in [-0.2, -0.15) is 0 Å². The van der Waals surface area contributed by atoms with Gasteiger partial charge in [0.2, 0.25) is 0 Å². The van der Waals surface area contributed by atoms with Gasteiger partial charge in [-0.1, -0.05) is 97.1 Å². The zero-order valence-corrected chi connectivity index (χ0v) is 23.6. The van der Waals surface area contributed by atoms with Gasteiger partial charge in [0.25, 0.3) is 0 Å². The molecule has 1 aliphatic rings. The molecule has 6 aromatic carbocycles. The van der Waals surface area contributed by atoms with Crippen molar-refractivity contribution in [3.05, 3.63) is 156 Å². The Balaban J connectivity index is 1.24. The lowest BCUT2D eigenvalue weighted by Crippen LogP contribution is -2.33. The second-order valence-electron chi connectivity index (χ2n) is 11.0. The molecule has 1 atom stereocenters. The van der Waals surface area contributed by atoms with Gasteiger partial charge in [-0.3, -0.25) is 0 Å². The van der Waals surface area contributed by atoms with Gasteiger partial charge in [0, 0.05) is 32.7 Å². The summed E-state index contributed by atoms with van der Waals surface area (Å²) in [5, 5.41) is 7.84. The van der Waals surface area contributed by atoms with E-state index < -0.39 is 0 Å². The SMILES string of the molecule is c1ccc(-c2ccc3oc4cccc(C5=NC(c6ccc7oc8ccccc8c7c6)=NC(c6ccccc6)N5)c4c3c2)cc1. The van der Waals surface area contributed by atoms with Crippen molar-refractivity contribution in [2.24, 2.45) is 9.98 Å². The van der Waals surface area contributed by atoms with Crippen molar-refractivity contribution in [3.63, 3.8) is 0 Å². The van der Waals surface area contributed by atoms with Crippen LogP contribution in [0.25, 0.3) is 55.0 Å². The third kappa shape index (κ3) is 4.02. The molecule has 44 heavy (non-hydrogen) atoms. The van der Waals surface area contributed by atoms with Crippen LogP contribution in [0.2, 0.25) is 0 Å². The van der Waals surface area contributed by atoms with Crippen molar-refractivity contribution >= 4 is 55.5 Å². The zero-order valence-electron chi connectivity index (χ0n) is 23.6. The molecular weight excluding hydrogens is 542 g/mol. The highest BCUT2D eigenvalue weighted by Gasteiger charge is 2.24. The molecule has 9 rings (SSSR count). The largest absolute Gasteiger partial charge is 0.456 e. The quantitative estimate of drug-likeness (QED) is 0.230. The molecule has 0 aliphatic carbocycles. The van der Waals surface area contributed by atoms with Crippen LogP contribution in [0.4, 0.5) is 0 Å². The molecule has 208 valence electrons. The summed E-state index contributed by atoms with van der Waals surface area (Å²) in [7, 11) is 0. The van der Waals surface area contributed by atoms with Crippen LogP contribution in [-0.4, -0.2) is 11.7 Å². The van der Waals surface area contributed by atoms with Gasteiger partial charge in [0.1, 0.15) is 34.3 Å². The maximum Gasteiger partial charge on any atom is 0.159 e. The van der Waals surface area contributed by atoms with Gasteiger partial charge in [0.05, 0.1) is 0 Å². The molecule has 0 radical (unpaired) electrons. The van der Waals surface area contributed by atoms with Gasteiger partial charge in [-0.25, -0.2) is 9.98 Å². The first kappa shape index (κ1) is 24.6. The van der Waals surface area contributed by atoms with Crippen LogP contribution in [0.3, 0.4) is 0 Å². The first-order chi connectivity index (χ1) is 21.8. The van der Waals surface area contributed by atoms with Crippen LogP contribution in [0.5, 0.6) is 0 Å². The van der Waals surface area contributed by atoms with Crippen molar-refractivity contribution in [2.75, 3.05) is 0 Å². The van der Waals surface area contributed by atoms with Crippen LogP contribution in [0.1, 0.15) is 22.9 Å². The fraction of sp³-hybridized carbons (Fsp3) is 0.0256. The van der Waals surface area contributed by atoms with E-state index in [4.69, 9.17) is 18.8 Å². The Bertz CT molecular complexity index is 2420. The normalized spacial score (nSPS) is 15.0. The Labute approximate surface area is 252 Å². The third-order valence-corrected chi connectivity index (χ3v) is 8.35. The van der Waals surface area contributed by atoms with E-state index in [1.54, 1.807) is 0 Å². The van der Waals surface area contributed by atoms with E-state index in [2.05, 4.69) is 78.1 Å². The highest BCUT2D eigenvalue weighted by atomic mass is 16.3. The van der Waals surface area contributed by atoms with Crippen molar-refractivity contribution < 1.29 is 8.83 Å². The van der Waals surface area contributed by atoms with Crippen LogP contribution >= 0.6 is 0 Å². The van der Waals surface area contributed by atoms with E-state index in [1.165, 1.54) is 0 Å². The van der Waals surface area contributed by atoms with Crippen molar-refractivity contribution in [3.8, 4) is 11.1 Å². The predicted molar refractivity (Wildman–Crippen MR) is 178 cm³/mol. The number of nitrogens with zero attached hydrogens (tertiary/aromatic N) is 2. The van der Waals surface area contributed by atoms with Crippen molar-refractivity contribution in [1.29, 1.82) is 0 Å². The Hall–Kier alpha value is -5.94. The van der Waals surface area contributed by atoms with Crippen molar-refractivity contribution in [2.45, 2.75) is 6.17 Å². The number of hydrogen-bond donors (Lipinski definition) is 1. The van der Waals surface area contributed by atoms with Gasteiger partial charge in [-0.05, 0) is 59.2 Å². The molecular formula is C39H25N3O2. The topological polar surface area (TPSA) is 63.0 Å². The Morgan fingerprint density at radius 3 is 2.02 bits per heavy atom. The Kier molecular flexibility index (Phi) is 5.50. The predicted octanol–water partition coefficient (Wildman–Crippen LogP) is 9.65. The number of furan rings is 2. The molecule has 2 aromatic heterocycles. The van der Waals surface area contributed by atoms with Gasteiger partial charge < -0.3 is 14.2 Å². The zero-order chi connectivity index (χ0) is 29.0. The number of fused-ring (bicyclic) bond motifs is 6. The van der Waals surface area contributed by atoms with Gasteiger partial charge in [0.15, 0.2) is 5.84 Å². The fourth-order valence-electron chi connectivity index (χ4n) is 6.22. The molecule has 0 saturated carbocycles. The Morgan fingerprint density at radius 1 is 0.500 bits per heavy atom. The lowest BCUT2D eigenvalue weighted by atomic mass is 10.00. The number of aliphatic imine (C=N–C) groups is 2. The Morgan fingerprint density at radius 2 is 1.16 bits per heavy atom. The van der Waals surface area contributed by atoms with E-state index in [1.807, 2.05) is 66.7 Å². The molecule has 0 saturated heterocycles. The first-order valence-electron chi connectivity index (χ1n) is 14.7. The summed E-state index contributed by atoms with van der Waals surface area (Å²) in [6.45, 7) is 0. The average Bonchev–Trinajstić information content (AvgIpc) is 3.66. The van der Waals surface area contributed by atoms with E-state index in [0.717, 1.165) is 77.5 Å². The average molecular weight is 568 g/mol. The molecule has 1 aliphatic heterocycles. The van der Waals surface area contributed by atoms with Crippen LogP contribution in [-0.2, 0) is 0 Å². The molecule has 0 fully saturated rings. The molecule has 0 amide bonds. The minimum absolute atomic E-state index is 0.316. The number of rotatable bonds is 4. The molecule has 1 unspecified atom stereocenters. The summed E-state index contributed by atoms with van der Waals surface area (Å²) in [4.78, 5) is 10.3. The number of amidine groups is 2. The maximum atomic E-state index is 6.35. The number of hydrogen-bond acceptors (Lipinski definition) is 5. The second-order valence-corrected chi connectivity index (χ2v) is 11.0. The molecule has 5 heteroatoms. The van der Waals surface area contributed by atoms with Crippen molar-refractivity contribution in [1.82, 2.24) is 5.32 Å². The number of nitrogens with one attached hydrogen (secondary N) is 1. The second kappa shape index (κ2) is 9.82. The summed E-state index contributed by atoms with van der Waals surface area (Å²) in [6, 6.07) is 47.5. The smallest absolute Gasteiger partial charge is 0.159 e. The highest BCUT2D eigenvalue weighted by molar-refractivity contribution is 6.22. The van der Waals surface area contributed by atoms with E-state index in [0.29, 0.717) is 5.84 Å². The summed E-state index contributed by atoms with van der Waals surface area (Å²) in [5.74, 6) is 1.41.